The Morgan fingerprint density at radius 3 is 2.06 bits per heavy atom. The highest BCUT2D eigenvalue weighted by atomic mass is 19.4. The van der Waals surface area contributed by atoms with Crippen LogP contribution in [0.4, 0.5) is 18.9 Å². The first-order chi connectivity index (χ1) is 22.1. The Labute approximate surface area is 268 Å². The van der Waals surface area contributed by atoms with Gasteiger partial charge in [0.25, 0.3) is 5.91 Å². The van der Waals surface area contributed by atoms with Crippen molar-refractivity contribution in [3.8, 4) is 11.4 Å². The lowest BCUT2D eigenvalue weighted by Gasteiger charge is -2.57. The molecule has 0 saturated heterocycles. The predicted molar refractivity (Wildman–Crippen MR) is 164 cm³/mol. The number of aromatic nitrogens is 2. The minimum Gasteiger partial charge on any atom is -0.480 e. The first kappa shape index (κ1) is 33.7. The number of halogens is 3. The summed E-state index contributed by atoms with van der Waals surface area (Å²) in [5.41, 5.74) is 3.21. The van der Waals surface area contributed by atoms with Crippen molar-refractivity contribution >= 4 is 29.5 Å². The van der Waals surface area contributed by atoms with Gasteiger partial charge < -0.3 is 25.2 Å². The number of benzene rings is 2. The second kappa shape index (κ2) is 13.2. The first-order valence-electron chi connectivity index (χ1n) is 15.5. The lowest BCUT2D eigenvalue weighted by atomic mass is 9.48. The average molecular weight is 656 g/mol. The van der Waals surface area contributed by atoms with Crippen LogP contribution in [-0.2, 0) is 22.6 Å². The van der Waals surface area contributed by atoms with Gasteiger partial charge in [0.05, 0.1) is 11.3 Å². The van der Waals surface area contributed by atoms with Crippen LogP contribution in [0.5, 0.6) is 0 Å². The maximum Gasteiger partial charge on any atom is 0.490 e. The van der Waals surface area contributed by atoms with Crippen LogP contribution in [0.15, 0.2) is 48.5 Å². The summed E-state index contributed by atoms with van der Waals surface area (Å²) in [6.45, 7) is 1.65. The molecule has 0 atom stereocenters. The molecule has 0 aliphatic heterocycles. The standard InChI is InChI=1S/C32H35N3O5.C2HF3O2/c1-19-5-2-3-8-25(19)29-34-28(30(38)33-24-7-4-6-23(14-24)31(39)40)26(35(29)18-27(36)37)9-10-32-15-20-11-21(16-32)13-22(12-20)17-32;3-2(4,5)1(6)7/h2-8,14,20-22H,9-13,15-18H2,1H3,(H,33,38)(H,36,37)(H,39,40);(H,6,7). The van der Waals surface area contributed by atoms with Crippen molar-refractivity contribution in [2.75, 3.05) is 5.32 Å². The number of hydrogen-bond acceptors (Lipinski definition) is 5. The van der Waals surface area contributed by atoms with Crippen molar-refractivity contribution in [2.24, 2.45) is 23.2 Å². The second-order valence-corrected chi connectivity index (χ2v) is 13.1. The Kier molecular flexibility index (Phi) is 9.46. The number of carbonyl (C=O) groups excluding carboxylic acids is 1. The maximum atomic E-state index is 13.7. The van der Waals surface area contributed by atoms with Gasteiger partial charge in [-0.05, 0) is 105 Å². The summed E-state index contributed by atoms with van der Waals surface area (Å²) in [6.07, 6.45) is 4.09. The van der Waals surface area contributed by atoms with Crippen molar-refractivity contribution in [3.05, 3.63) is 71.0 Å². The minimum absolute atomic E-state index is 0.0665. The fraction of sp³-hybridized carbons (Fsp3) is 0.441. The molecule has 4 N–H and O–H groups in total. The number of aliphatic carboxylic acids is 2. The van der Waals surface area contributed by atoms with Crippen molar-refractivity contribution in [2.45, 2.75) is 71.0 Å². The van der Waals surface area contributed by atoms with E-state index < -0.39 is 30.0 Å². The summed E-state index contributed by atoms with van der Waals surface area (Å²) < 4.78 is 33.4. The lowest BCUT2D eigenvalue weighted by Crippen LogP contribution is -2.46. The molecule has 4 aliphatic carbocycles. The third-order valence-corrected chi connectivity index (χ3v) is 9.63. The Bertz CT molecular complexity index is 1660. The molecular formula is C34H36F3N3O7. The fourth-order valence-electron chi connectivity index (χ4n) is 8.16. The zero-order valence-electron chi connectivity index (χ0n) is 25.7. The van der Waals surface area contributed by atoms with Gasteiger partial charge in [0, 0.05) is 11.3 Å². The number of amides is 1. The van der Waals surface area contributed by atoms with Crippen LogP contribution < -0.4 is 5.32 Å². The lowest BCUT2D eigenvalue weighted by molar-refractivity contribution is -0.192. The van der Waals surface area contributed by atoms with E-state index in [2.05, 4.69) is 5.32 Å². The van der Waals surface area contributed by atoms with Crippen LogP contribution in [0.2, 0.25) is 0 Å². The van der Waals surface area contributed by atoms with Gasteiger partial charge in [-0.3, -0.25) is 9.59 Å². The number of alkyl halides is 3. The Balaban J connectivity index is 0.000000559. The molecule has 250 valence electrons. The van der Waals surface area contributed by atoms with E-state index >= 15 is 0 Å². The molecular weight excluding hydrogens is 619 g/mol. The molecule has 4 fully saturated rings. The number of hydrogen-bond donors (Lipinski definition) is 4. The predicted octanol–water partition coefficient (Wildman–Crippen LogP) is 6.68. The van der Waals surface area contributed by atoms with Gasteiger partial charge in [-0.1, -0.05) is 30.3 Å². The number of aryl methyl sites for hydroxylation is 1. The number of aromatic carboxylic acids is 1. The van der Waals surface area contributed by atoms with E-state index in [-0.39, 0.29) is 23.2 Å². The quantitative estimate of drug-likeness (QED) is 0.199. The highest BCUT2D eigenvalue weighted by Gasteiger charge is 2.50. The summed E-state index contributed by atoms with van der Waals surface area (Å²) in [5, 5.41) is 29.2. The summed E-state index contributed by atoms with van der Waals surface area (Å²) >= 11 is 0. The van der Waals surface area contributed by atoms with E-state index in [0.717, 1.165) is 35.3 Å². The van der Waals surface area contributed by atoms with Crippen LogP contribution in [-0.4, -0.2) is 54.9 Å². The summed E-state index contributed by atoms with van der Waals surface area (Å²) in [6, 6.07) is 13.7. The Morgan fingerprint density at radius 2 is 1.53 bits per heavy atom. The largest absolute Gasteiger partial charge is 0.490 e. The molecule has 13 heteroatoms. The van der Waals surface area contributed by atoms with E-state index in [1.54, 1.807) is 16.7 Å². The third kappa shape index (κ3) is 7.66. The molecule has 3 aromatic rings. The Hall–Kier alpha value is -4.68. The van der Waals surface area contributed by atoms with Crippen molar-refractivity contribution in [3.63, 3.8) is 0 Å². The zero-order chi connectivity index (χ0) is 34.1. The van der Waals surface area contributed by atoms with E-state index in [1.165, 1.54) is 50.7 Å². The topological polar surface area (TPSA) is 159 Å². The van der Waals surface area contributed by atoms with Crippen molar-refractivity contribution in [1.29, 1.82) is 0 Å². The Morgan fingerprint density at radius 1 is 0.936 bits per heavy atom. The van der Waals surface area contributed by atoms with Gasteiger partial charge in [-0.15, -0.1) is 0 Å². The molecule has 7 rings (SSSR count). The van der Waals surface area contributed by atoms with E-state index in [1.807, 2.05) is 31.2 Å². The molecule has 4 saturated carbocycles. The zero-order valence-corrected chi connectivity index (χ0v) is 25.7. The first-order valence-corrected chi connectivity index (χ1v) is 15.5. The highest BCUT2D eigenvalue weighted by molar-refractivity contribution is 6.05. The van der Waals surface area contributed by atoms with E-state index in [4.69, 9.17) is 14.9 Å². The normalized spacial score (nSPS) is 22.7. The number of imidazole rings is 1. The average Bonchev–Trinajstić information content (AvgIpc) is 3.33. The van der Waals surface area contributed by atoms with Crippen molar-refractivity contribution in [1.82, 2.24) is 9.55 Å². The SMILES string of the molecule is Cc1ccccc1-c1nc(C(=O)Nc2cccc(C(=O)O)c2)c(CCC23CC4CC(CC(C4)C2)C3)n1CC(=O)O.O=C(O)C(F)(F)F. The number of anilines is 1. The molecule has 0 unspecified atom stereocenters. The van der Waals surface area contributed by atoms with E-state index in [9.17, 15) is 37.8 Å². The molecule has 2 aromatic carbocycles. The molecule has 1 amide bonds. The van der Waals surface area contributed by atoms with Gasteiger partial charge in [-0.2, -0.15) is 13.2 Å². The molecule has 4 aliphatic rings. The number of nitrogens with zero attached hydrogens (tertiary/aromatic N) is 2. The summed E-state index contributed by atoms with van der Waals surface area (Å²) in [4.78, 5) is 51.0. The minimum atomic E-state index is -5.08. The molecule has 47 heavy (non-hydrogen) atoms. The van der Waals surface area contributed by atoms with Crippen molar-refractivity contribution < 1.29 is 47.7 Å². The van der Waals surface area contributed by atoms with Gasteiger partial charge in [0.2, 0.25) is 0 Å². The molecule has 0 radical (unpaired) electrons. The molecule has 1 aromatic heterocycles. The maximum absolute atomic E-state index is 13.7. The monoisotopic (exact) mass is 655 g/mol. The molecule has 4 bridgehead atoms. The van der Waals surface area contributed by atoms with Crippen LogP contribution in [0, 0.1) is 30.1 Å². The number of carboxylic acid groups (broad SMARTS) is 3. The second-order valence-electron chi connectivity index (χ2n) is 13.1. The fourth-order valence-corrected chi connectivity index (χ4v) is 8.16. The number of carboxylic acids is 3. The summed E-state index contributed by atoms with van der Waals surface area (Å²) in [7, 11) is 0. The van der Waals surface area contributed by atoms with Gasteiger partial charge in [-0.25, -0.2) is 14.6 Å². The molecule has 10 nitrogen and oxygen atoms in total. The van der Waals surface area contributed by atoms with Crippen LogP contribution in [0.25, 0.3) is 11.4 Å². The highest BCUT2D eigenvalue weighted by Crippen LogP contribution is 2.61. The third-order valence-electron chi connectivity index (χ3n) is 9.63. The number of carbonyl (C=O) groups is 4. The number of rotatable bonds is 9. The van der Waals surface area contributed by atoms with Gasteiger partial charge in [0.15, 0.2) is 0 Å². The smallest absolute Gasteiger partial charge is 0.480 e. The van der Waals surface area contributed by atoms with Gasteiger partial charge >= 0.3 is 24.1 Å². The molecule has 1 heterocycles. The van der Waals surface area contributed by atoms with Gasteiger partial charge in [0.1, 0.15) is 18.1 Å². The van der Waals surface area contributed by atoms with E-state index in [0.29, 0.717) is 23.6 Å². The van der Waals surface area contributed by atoms with Crippen LogP contribution >= 0.6 is 0 Å². The van der Waals surface area contributed by atoms with Crippen LogP contribution in [0.1, 0.15) is 77.0 Å². The molecule has 0 spiro atoms. The summed E-state index contributed by atoms with van der Waals surface area (Å²) in [5.74, 6) is -2.46. The number of nitrogens with one attached hydrogen (secondary N) is 1. The van der Waals surface area contributed by atoms with Crippen LogP contribution in [0.3, 0.4) is 0 Å².